The van der Waals surface area contributed by atoms with Gasteiger partial charge in [-0.05, 0) is 48.4 Å². The molecule has 4 nitrogen and oxygen atoms in total. The van der Waals surface area contributed by atoms with Crippen molar-refractivity contribution in [2.75, 3.05) is 20.0 Å². The number of amides is 1. The van der Waals surface area contributed by atoms with Crippen LogP contribution in [-0.4, -0.2) is 25.9 Å². The van der Waals surface area contributed by atoms with E-state index in [9.17, 15) is 4.79 Å². The van der Waals surface area contributed by atoms with Gasteiger partial charge in [-0.1, -0.05) is 24.6 Å². The monoisotopic (exact) mass is 393 g/mol. The number of benzene rings is 2. The molecule has 0 heterocycles. The maximum atomic E-state index is 12.3. The molecule has 6 heteroatoms. The molecular formula is C20H24ClNO3S. The second-order valence-electron chi connectivity index (χ2n) is 5.70. The Morgan fingerprint density at radius 2 is 1.81 bits per heavy atom. The molecule has 0 aliphatic heterocycles. The Hall–Kier alpha value is -1.85. The molecule has 140 valence electrons. The topological polar surface area (TPSA) is 47.6 Å². The third kappa shape index (κ3) is 5.85. The molecule has 2 rings (SSSR count). The Labute approximate surface area is 164 Å². The molecule has 0 saturated heterocycles. The summed E-state index contributed by atoms with van der Waals surface area (Å²) >= 11 is 7.52. The standard InChI is InChI=1S/C20H24ClNO3S/c1-4-17(14-5-10-18(24-2)19(13-14)25-3)22-20(23)11-12-26-16-8-6-15(21)7-9-16/h5-10,13,17H,4,11-12H2,1-3H3,(H,22,23)/t17-/m0/s1. The molecule has 0 spiro atoms. The minimum Gasteiger partial charge on any atom is -0.493 e. The van der Waals surface area contributed by atoms with E-state index < -0.39 is 0 Å². The highest BCUT2D eigenvalue weighted by Crippen LogP contribution is 2.31. The number of rotatable bonds is 9. The SMILES string of the molecule is CC[C@H](NC(=O)CCSc1ccc(Cl)cc1)c1ccc(OC)c(OC)c1. The predicted octanol–water partition coefficient (Wildman–Crippen LogP) is 5.11. The van der Waals surface area contributed by atoms with E-state index in [1.165, 1.54) is 0 Å². The smallest absolute Gasteiger partial charge is 0.221 e. The van der Waals surface area contributed by atoms with Crippen molar-refractivity contribution in [3.63, 3.8) is 0 Å². The predicted molar refractivity (Wildman–Crippen MR) is 108 cm³/mol. The summed E-state index contributed by atoms with van der Waals surface area (Å²) in [6, 6.07) is 13.3. The zero-order valence-electron chi connectivity index (χ0n) is 15.3. The Kier molecular flexibility index (Phi) is 8.13. The first-order chi connectivity index (χ1) is 12.6. The van der Waals surface area contributed by atoms with Crippen molar-refractivity contribution in [1.82, 2.24) is 5.32 Å². The maximum Gasteiger partial charge on any atom is 0.221 e. The van der Waals surface area contributed by atoms with E-state index in [0.717, 1.165) is 22.6 Å². The lowest BCUT2D eigenvalue weighted by atomic mass is 10.0. The van der Waals surface area contributed by atoms with Crippen LogP contribution in [0.25, 0.3) is 0 Å². The number of halogens is 1. The third-order valence-corrected chi connectivity index (χ3v) is 5.23. The van der Waals surface area contributed by atoms with E-state index in [4.69, 9.17) is 21.1 Å². The van der Waals surface area contributed by atoms with Crippen molar-refractivity contribution in [2.24, 2.45) is 0 Å². The van der Waals surface area contributed by atoms with Crippen LogP contribution in [0.4, 0.5) is 0 Å². The van der Waals surface area contributed by atoms with Crippen molar-refractivity contribution < 1.29 is 14.3 Å². The van der Waals surface area contributed by atoms with Crippen LogP contribution in [0.2, 0.25) is 5.02 Å². The number of nitrogens with one attached hydrogen (secondary N) is 1. The summed E-state index contributed by atoms with van der Waals surface area (Å²) in [5, 5.41) is 3.81. The van der Waals surface area contributed by atoms with E-state index in [0.29, 0.717) is 22.9 Å². The molecular weight excluding hydrogens is 370 g/mol. The van der Waals surface area contributed by atoms with E-state index >= 15 is 0 Å². The van der Waals surface area contributed by atoms with Gasteiger partial charge in [-0.2, -0.15) is 0 Å². The Balaban J connectivity index is 1.90. The number of hydrogen-bond donors (Lipinski definition) is 1. The molecule has 0 fully saturated rings. The van der Waals surface area contributed by atoms with Gasteiger partial charge in [0.05, 0.1) is 20.3 Å². The number of carbonyl (C=O) groups is 1. The fourth-order valence-electron chi connectivity index (χ4n) is 2.55. The second-order valence-corrected chi connectivity index (χ2v) is 7.30. The first-order valence-electron chi connectivity index (χ1n) is 8.47. The molecule has 26 heavy (non-hydrogen) atoms. The lowest BCUT2D eigenvalue weighted by Gasteiger charge is -2.19. The molecule has 0 aromatic heterocycles. The molecule has 0 aliphatic rings. The molecule has 1 amide bonds. The lowest BCUT2D eigenvalue weighted by Crippen LogP contribution is -2.28. The van der Waals surface area contributed by atoms with Crippen LogP contribution in [0.5, 0.6) is 11.5 Å². The minimum absolute atomic E-state index is 0.0353. The molecule has 0 bridgehead atoms. The molecule has 2 aromatic rings. The van der Waals surface area contributed by atoms with Crippen LogP contribution in [0.15, 0.2) is 47.4 Å². The van der Waals surface area contributed by atoms with Gasteiger partial charge in [0.2, 0.25) is 5.91 Å². The normalized spacial score (nSPS) is 11.7. The molecule has 0 saturated carbocycles. The highest BCUT2D eigenvalue weighted by Gasteiger charge is 2.15. The fourth-order valence-corrected chi connectivity index (χ4v) is 3.53. The van der Waals surface area contributed by atoms with Gasteiger partial charge < -0.3 is 14.8 Å². The molecule has 0 aliphatic carbocycles. The van der Waals surface area contributed by atoms with Crippen LogP contribution < -0.4 is 14.8 Å². The maximum absolute atomic E-state index is 12.3. The molecule has 1 N–H and O–H groups in total. The average Bonchev–Trinajstić information content (AvgIpc) is 2.67. The van der Waals surface area contributed by atoms with Gasteiger partial charge in [-0.25, -0.2) is 0 Å². The third-order valence-electron chi connectivity index (χ3n) is 3.96. The summed E-state index contributed by atoms with van der Waals surface area (Å²) in [5.41, 5.74) is 1.00. The Bertz CT molecular complexity index is 721. The van der Waals surface area contributed by atoms with Crippen molar-refractivity contribution in [3.8, 4) is 11.5 Å². The van der Waals surface area contributed by atoms with Gasteiger partial charge in [-0.3, -0.25) is 4.79 Å². The Morgan fingerprint density at radius 3 is 2.42 bits per heavy atom. The minimum atomic E-state index is -0.0529. The zero-order chi connectivity index (χ0) is 18.9. The molecule has 0 unspecified atom stereocenters. The van der Waals surface area contributed by atoms with Crippen molar-refractivity contribution >= 4 is 29.3 Å². The second kappa shape index (κ2) is 10.3. The Morgan fingerprint density at radius 1 is 1.12 bits per heavy atom. The summed E-state index contributed by atoms with van der Waals surface area (Å²) in [5.74, 6) is 2.09. The summed E-state index contributed by atoms with van der Waals surface area (Å²) in [4.78, 5) is 13.4. The summed E-state index contributed by atoms with van der Waals surface area (Å²) < 4.78 is 10.6. The van der Waals surface area contributed by atoms with Crippen LogP contribution in [0, 0.1) is 0 Å². The largest absolute Gasteiger partial charge is 0.493 e. The average molecular weight is 394 g/mol. The van der Waals surface area contributed by atoms with E-state index in [1.807, 2.05) is 49.4 Å². The highest BCUT2D eigenvalue weighted by molar-refractivity contribution is 7.99. The summed E-state index contributed by atoms with van der Waals surface area (Å²) in [6.45, 7) is 2.05. The first kappa shape index (κ1) is 20.5. The number of carbonyl (C=O) groups excluding carboxylic acids is 1. The molecule has 2 aromatic carbocycles. The van der Waals surface area contributed by atoms with E-state index in [2.05, 4.69) is 5.32 Å². The number of hydrogen-bond acceptors (Lipinski definition) is 4. The summed E-state index contributed by atoms with van der Waals surface area (Å²) in [6.07, 6.45) is 1.25. The number of methoxy groups -OCH3 is 2. The van der Waals surface area contributed by atoms with Crippen LogP contribution >= 0.6 is 23.4 Å². The zero-order valence-corrected chi connectivity index (χ0v) is 16.8. The van der Waals surface area contributed by atoms with Crippen molar-refractivity contribution in [3.05, 3.63) is 53.1 Å². The van der Waals surface area contributed by atoms with Gasteiger partial charge in [0.25, 0.3) is 0 Å². The quantitative estimate of drug-likeness (QED) is 0.601. The van der Waals surface area contributed by atoms with Gasteiger partial charge >= 0.3 is 0 Å². The molecule has 1 atom stereocenters. The van der Waals surface area contributed by atoms with Crippen molar-refractivity contribution in [1.29, 1.82) is 0 Å². The van der Waals surface area contributed by atoms with Crippen LogP contribution in [-0.2, 0) is 4.79 Å². The van der Waals surface area contributed by atoms with E-state index in [-0.39, 0.29) is 11.9 Å². The summed E-state index contributed by atoms with van der Waals surface area (Å²) in [7, 11) is 3.21. The van der Waals surface area contributed by atoms with Gasteiger partial charge in [0.1, 0.15) is 0 Å². The first-order valence-corrected chi connectivity index (χ1v) is 9.83. The van der Waals surface area contributed by atoms with Gasteiger partial charge in [0, 0.05) is 22.1 Å². The highest BCUT2D eigenvalue weighted by atomic mass is 35.5. The van der Waals surface area contributed by atoms with Gasteiger partial charge in [0.15, 0.2) is 11.5 Å². The lowest BCUT2D eigenvalue weighted by molar-refractivity contribution is -0.121. The molecule has 0 radical (unpaired) electrons. The fraction of sp³-hybridized carbons (Fsp3) is 0.350. The van der Waals surface area contributed by atoms with Crippen LogP contribution in [0.1, 0.15) is 31.4 Å². The van der Waals surface area contributed by atoms with Crippen LogP contribution in [0.3, 0.4) is 0 Å². The van der Waals surface area contributed by atoms with E-state index in [1.54, 1.807) is 26.0 Å². The number of thioether (sulfide) groups is 1. The van der Waals surface area contributed by atoms with Crippen molar-refractivity contribution in [2.45, 2.75) is 30.7 Å². The number of ether oxygens (including phenoxy) is 2. The van der Waals surface area contributed by atoms with Gasteiger partial charge in [-0.15, -0.1) is 11.8 Å².